The minimum absolute atomic E-state index is 0.309. The largest absolute Gasteiger partial charge is 0.291 e. The van der Waals surface area contributed by atoms with Gasteiger partial charge in [0.2, 0.25) is 0 Å². The van der Waals surface area contributed by atoms with E-state index in [-0.39, 0.29) is 5.91 Å². The SMILES string of the molecule is C/C(=N/NC(=O)c1cc(-c2ccc(C)s2)[nH]n1)c1ccc(Br)cc1. The van der Waals surface area contributed by atoms with Gasteiger partial charge in [-0.3, -0.25) is 9.89 Å². The minimum Gasteiger partial charge on any atom is -0.276 e. The van der Waals surface area contributed by atoms with Crippen LogP contribution in [0.4, 0.5) is 0 Å². The Labute approximate surface area is 151 Å². The van der Waals surface area contributed by atoms with Crippen molar-refractivity contribution in [2.24, 2.45) is 5.10 Å². The van der Waals surface area contributed by atoms with E-state index in [0.29, 0.717) is 5.69 Å². The molecule has 0 fully saturated rings. The van der Waals surface area contributed by atoms with Crippen molar-refractivity contribution >= 4 is 38.9 Å². The predicted molar refractivity (Wildman–Crippen MR) is 100 cm³/mol. The van der Waals surface area contributed by atoms with Crippen molar-refractivity contribution in [1.29, 1.82) is 0 Å². The smallest absolute Gasteiger partial charge is 0.276 e. The van der Waals surface area contributed by atoms with E-state index in [2.05, 4.69) is 36.7 Å². The quantitative estimate of drug-likeness (QED) is 0.502. The molecule has 0 spiro atoms. The molecule has 5 nitrogen and oxygen atoms in total. The summed E-state index contributed by atoms with van der Waals surface area (Å²) in [5, 5.41) is 11.1. The molecule has 2 N–H and O–H groups in total. The topological polar surface area (TPSA) is 70.1 Å². The maximum absolute atomic E-state index is 12.2. The van der Waals surface area contributed by atoms with Gasteiger partial charge in [-0.05, 0) is 49.7 Å². The van der Waals surface area contributed by atoms with Gasteiger partial charge < -0.3 is 0 Å². The zero-order chi connectivity index (χ0) is 17.1. The number of aromatic amines is 1. The molecule has 0 bridgehead atoms. The van der Waals surface area contributed by atoms with Gasteiger partial charge in [-0.25, -0.2) is 5.43 Å². The van der Waals surface area contributed by atoms with Crippen molar-refractivity contribution in [2.75, 3.05) is 0 Å². The van der Waals surface area contributed by atoms with Gasteiger partial charge in [0.1, 0.15) is 0 Å². The molecule has 2 heterocycles. The lowest BCUT2D eigenvalue weighted by atomic mass is 10.1. The van der Waals surface area contributed by atoms with Crippen LogP contribution in [0.25, 0.3) is 10.6 Å². The molecular formula is C17H15BrN4OS. The second-order valence-corrected chi connectivity index (χ2v) is 7.43. The number of aromatic nitrogens is 2. The normalized spacial score (nSPS) is 11.5. The molecule has 0 unspecified atom stereocenters. The monoisotopic (exact) mass is 402 g/mol. The summed E-state index contributed by atoms with van der Waals surface area (Å²) in [6.45, 7) is 3.88. The molecule has 3 rings (SSSR count). The lowest BCUT2D eigenvalue weighted by Gasteiger charge is -2.01. The van der Waals surface area contributed by atoms with E-state index in [0.717, 1.165) is 26.3 Å². The average Bonchev–Trinajstić information content (AvgIpc) is 3.22. The first-order chi connectivity index (χ1) is 11.5. The first-order valence-electron chi connectivity index (χ1n) is 7.26. The summed E-state index contributed by atoms with van der Waals surface area (Å²) in [5.74, 6) is -0.345. The van der Waals surface area contributed by atoms with E-state index < -0.39 is 0 Å². The number of benzene rings is 1. The Morgan fingerprint density at radius 2 is 2.00 bits per heavy atom. The van der Waals surface area contributed by atoms with Crippen LogP contribution in [-0.2, 0) is 0 Å². The predicted octanol–water partition coefficient (Wildman–Crippen LogP) is 4.36. The fourth-order valence-electron chi connectivity index (χ4n) is 2.09. The van der Waals surface area contributed by atoms with Crippen LogP contribution in [0.3, 0.4) is 0 Å². The number of amides is 1. The molecule has 0 aliphatic carbocycles. The number of nitrogens with zero attached hydrogens (tertiary/aromatic N) is 2. The van der Waals surface area contributed by atoms with Crippen LogP contribution < -0.4 is 5.43 Å². The van der Waals surface area contributed by atoms with Crippen molar-refractivity contribution < 1.29 is 4.79 Å². The van der Waals surface area contributed by atoms with Crippen LogP contribution in [0.1, 0.15) is 27.9 Å². The maximum Gasteiger partial charge on any atom is 0.291 e. The average molecular weight is 403 g/mol. The molecule has 0 saturated carbocycles. The third-order valence-electron chi connectivity index (χ3n) is 3.40. The Kier molecular flexibility index (Phi) is 4.92. The van der Waals surface area contributed by atoms with Gasteiger partial charge in [0.15, 0.2) is 5.69 Å². The Hall–Kier alpha value is -2.25. The van der Waals surface area contributed by atoms with Crippen LogP contribution >= 0.6 is 27.3 Å². The van der Waals surface area contributed by atoms with Crippen molar-refractivity contribution in [1.82, 2.24) is 15.6 Å². The number of aryl methyl sites for hydroxylation is 1. The molecule has 1 amide bonds. The summed E-state index contributed by atoms with van der Waals surface area (Å²) in [6.07, 6.45) is 0. The highest BCUT2D eigenvalue weighted by Gasteiger charge is 2.12. The van der Waals surface area contributed by atoms with Gasteiger partial charge in [-0.1, -0.05) is 28.1 Å². The molecule has 122 valence electrons. The zero-order valence-electron chi connectivity index (χ0n) is 13.1. The number of hydrogen-bond acceptors (Lipinski definition) is 4. The number of H-pyrrole nitrogens is 1. The summed E-state index contributed by atoms with van der Waals surface area (Å²) in [6, 6.07) is 13.5. The van der Waals surface area contributed by atoms with Crippen LogP contribution in [0.15, 0.2) is 52.0 Å². The van der Waals surface area contributed by atoms with Gasteiger partial charge in [-0.15, -0.1) is 11.3 Å². The van der Waals surface area contributed by atoms with Crippen molar-refractivity contribution in [3.05, 3.63) is 63.1 Å². The van der Waals surface area contributed by atoms with Crippen LogP contribution in [0.5, 0.6) is 0 Å². The molecule has 24 heavy (non-hydrogen) atoms. The number of carbonyl (C=O) groups excluding carboxylic acids is 1. The molecule has 0 radical (unpaired) electrons. The number of halogens is 1. The second-order valence-electron chi connectivity index (χ2n) is 5.22. The summed E-state index contributed by atoms with van der Waals surface area (Å²) < 4.78 is 0.996. The molecular weight excluding hydrogens is 388 g/mol. The number of carbonyl (C=O) groups is 1. The summed E-state index contributed by atoms with van der Waals surface area (Å²) in [5.41, 5.74) is 5.34. The zero-order valence-corrected chi connectivity index (χ0v) is 15.5. The number of rotatable bonds is 4. The van der Waals surface area contributed by atoms with Gasteiger partial charge >= 0.3 is 0 Å². The molecule has 2 aromatic heterocycles. The summed E-state index contributed by atoms with van der Waals surface area (Å²) >= 11 is 5.04. The second kappa shape index (κ2) is 7.11. The van der Waals surface area contributed by atoms with Gasteiger partial charge in [0.05, 0.1) is 16.3 Å². The molecule has 0 saturated heterocycles. The van der Waals surface area contributed by atoms with E-state index in [4.69, 9.17) is 0 Å². The Morgan fingerprint density at radius 1 is 1.25 bits per heavy atom. The van der Waals surface area contributed by atoms with E-state index in [1.54, 1.807) is 17.4 Å². The van der Waals surface area contributed by atoms with Crippen LogP contribution in [0, 0.1) is 6.92 Å². The van der Waals surface area contributed by atoms with E-state index >= 15 is 0 Å². The summed E-state index contributed by atoms with van der Waals surface area (Å²) in [7, 11) is 0. The molecule has 1 aromatic carbocycles. The van der Waals surface area contributed by atoms with Gasteiger partial charge in [0.25, 0.3) is 5.91 Å². The molecule has 3 aromatic rings. The highest BCUT2D eigenvalue weighted by molar-refractivity contribution is 9.10. The van der Waals surface area contributed by atoms with E-state index in [1.165, 1.54) is 4.88 Å². The van der Waals surface area contributed by atoms with Gasteiger partial charge in [-0.2, -0.15) is 10.2 Å². The Balaban J connectivity index is 1.70. The number of nitrogens with one attached hydrogen (secondary N) is 2. The molecule has 7 heteroatoms. The van der Waals surface area contributed by atoms with Crippen molar-refractivity contribution in [3.63, 3.8) is 0 Å². The number of hydrazone groups is 1. The fraction of sp³-hybridized carbons (Fsp3) is 0.118. The number of hydrogen-bond donors (Lipinski definition) is 2. The third-order valence-corrected chi connectivity index (χ3v) is 4.97. The van der Waals surface area contributed by atoms with Gasteiger partial charge in [0, 0.05) is 9.35 Å². The number of thiophene rings is 1. The third kappa shape index (κ3) is 3.80. The van der Waals surface area contributed by atoms with E-state index in [1.807, 2.05) is 50.2 Å². The Morgan fingerprint density at radius 3 is 2.67 bits per heavy atom. The minimum atomic E-state index is -0.345. The maximum atomic E-state index is 12.2. The molecule has 0 aliphatic heterocycles. The van der Waals surface area contributed by atoms with Crippen molar-refractivity contribution in [3.8, 4) is 10.6 Å². The fourth-order valence-corrected chi connectivity index (χ4v) is 3.19. The van der Waals surface area contributed by atoms with E-state index in [9.17, 15) is 4.79 Å². The standard InChI is InChI=1S/C17H15BrN4OS/c1-10-3-8-16(24-10)14-9-15(21-20-14)17(23)22-19-11(2)12-4-6-13(18)7-5-12/h3-9H,1-2H3,(H,20,21)(H,22,23)/b19-11-. The first kappa shape index (κ1) is 16.6. The molecule has 0 aliphatic rings. The highest BCUT2D eigenvalue weighted by Crippen LogP contribution is 2.26. The lowest BCUT2D eigenvalue weighted by molar-refractivity contribution is 0.0950. The highest BCUT2D eigenvalue weighted by atomic mass is 79.9. The molecule has 0 atom stereocenters. The van der Waals surface area contributed by atoms with Crippen LogP contribution in [-0.4, -0.2) is 21.8 Å². The van der Waals surface area contributed by atoms with Crippen LogP contribution in [0.2, 0.25) is 0 Å². The first-order valence-corrected chi connectivity index (χ1v) is 8.86. The Bertz CT molecular complexity index is 895. The van der Waals surface area contributed by atoms with Crippen molar-refractivity contribution in [2.45, 2.75) is 13.8 Å². The lowest BCUT2D eigenvalue weighted by Crippen LogP contribution is -2.19. The summed E-state index contributed by atoms with van der Waals surface area (Å²) in [4.78, 5) is 14.4.